The van der Waals surface area contributed by atoms with E-state index in [1.165, 1.54) is 6.08 Å². The van der Waals surface area contributed by atoms with Crippen molar-refractivity contribution in [2.24, 2.45) is 0 Å². The zero-order chi connectivity index (χ0) is 11.0. The van der Waals surface area contributed by atoms with Gasteiger partial charge in [0.1, 0.15) is 13.2 Å². The highest BCUT2D eigenvalue weighted by atomic mass is 16.5. The summed E-state index contributed by atoms with van der Waals surface area (Å²) >= 11 is 0. The summed E-state index contributed by atoms with van der Waals surface area (Å²) < 4.78 is 5.98. The summed E-state index contributed by atoms with van der Waals surface area (Å²) in [6.07, 6.45) is 1.21. The number of hydrogen-bond acceptors (Lipinski definition) is 2. The smallest absolute Gasteiger partial charge is 0.330 e. The van der Waals surface area contributed by atoms with Crippen LogP contribution < -0.4 is 0 Å². The normalized spacial score (nSPS) is 11.1. The number of ether oxygens (including phenoxy) is 1. The van der Waals surface area contributed by atoms with Crippen LogP contribution in [0.3, 0.4) is 0 Å². The summed E-state index contributed by atoms with van der Waals surface area (Å²) in [7, 11) is 0. The Kier molecular flexibility index (Phi) is 6.21. The quantitative estimate of drug-likeness (QED) is 0.354. The Hall–Kier alpha value is -0.830. The highest BCUT2D eigenvalue weighted by Crippen LogP contribution is 2.04. The molecule has 0 saturated carbocycles. The molecule has 3 heteroatoms. The molecular formula is C11H22NO2+. The molecule has 0 N–H and O–H groups in total. The largest absolute Gasteiger partial charge is 0.457 e. The average Bonchev–Trinajstić information content (AvgIpc) is 2.25. The first-order valence-electron chi connectivity index (χ1n) is 5.28. The number of quaternary nitrogens is 1. The lowest BCUT2D eigenvalue weighted by Gasteiger charge is -2.35. The van der Waals surface area contributed by atoms with Crippen LogP contribution in [0.4, 0.5) is 0 Å². The number of carbonyl (C=O) groups excluding carboxylic acids is 1. The lowest BCUT2D eigenvalue weighted by Crippen LogP contribution is -2.49. The molecule has 82 valence electrons. The minimum Gasteiger partial charge on any atom is -0.457 e. The van der Waals surface area contributed by atoms with E-state index in [0.717, 1.165) is 30.7 Å². The van der Waals surface area contributed by atoms with E-state index >= 15 is 0 Å². The molecule has 3 nitrogen and oxygen atoms in total. The van der Waals surface area contributed by atoms with Crippen LogP contribution in [0.15, 0.2) is 12.7 Å². The number of rotatable bonds is 7. The van der Waals surface area contributed by atoms with Gasteiger partial charge in [-0.25, -0.2) is 4.79 Å². The lowest BCUT2D eigenvalue weighted by atomic mass is 10.3. The zero-order valence-electron chi connectivity index (χ0n) is 9.58. The van der Waals surface area contributed by atoms with Crippen LogP contribution in [0.1, 0.15) is 20.8 Å². The van der Waals surface area contributed by atoms with Crippen molar-refractivity contribution in [3.8, 4) is 0 Å². The second kappa shape index (κ2) is 6.60. The molecule has 0 spiro atoms. The fraction of sp³-hybridized carbons (Fsp3) is 0.727. The molecule has 0 saturated heterocycles. The molecule has 0 amide bonds. The standard InChI is InChI=1S/C11H22NO2/c1-5-11(13)14-10-9-12(6-2,7-3)8-4/h5H,1,6-10H2,2-4H3/q+1. The summed E-state index contributed by atoms with van der Waals surface area (Å²) in [6.45, 7) is 14.5. The van der Waals surface area contributed by atoms with Crippen molar-refractivity contribution in [2.75, 3.05) is 32.8 Å². The fourth-order valence-corrected chi connectivity index (χ4v) is 1.54. The van der Waals surface area contributed by atoms with Crippen LogP contribution >= 0.6 is 0 Å². The molecule has 0 heterocycles. The van der Waals surface area contributed by atoms with Gasteiger partial charge in [-0.3, -0.25) is 0 Å². The van der Waals surface area contributed by atoms with Crippen LogP contribution in [-0.4, -0.2) is 43.2 Å². The zero-order valence-corrected chi connectivity index (χ0v) is 9.58. The maximum Gasteiger partial charge on any atom is 0.330 e. The van der Waals surface area contributed by atoms with Gasteiger partial charge in [-0.15, -0.1) is 0 Å². The van der Waals surface area contributed by atoms with Gasteiger partial charge < -0.3 is 9.22 Å². The number of esters is 1. The van der Waals surface area contributed by atoms with Gasteiger partial charge in [0.25, 0.3) is 0 Å². The van der Waals surface area contributed by atoms with E-state index in [1.807, 2.05) is 0 Å². The number of nitrogens with zero attached hydrogens (tertiary/aromatic N) is 1. The second-order valence-corrected chi connectivity index (χ2v) is 3.39. The maximum absolute atomic E-state index is 10.8. The maximum atomic E-state index is 10.8. The van der Waals surface area contributed by atoms with Gasteiger partial charge in [0.05, 0.1) is 19.6 Å². The van der Waals surface area contributed by atoms with Crippen molar-refractivity contribution >= 4 is 5.97 Å². The van der Waals surface area contributed by atoms with E-state index in [4.69, 9.17) is 4.74 Å². The highest BCUT2D eigenvalue weighted by molar-refractivity contribution is 5.81. The molecule has 0 aromatic heterocycles. The Morgan fingerprint density at radius 1 is 1.29 bits per heavy atom. The van der Waals surface area contributed by atoms with E-state index in [-0.39, 0.29) is 5.97 Å². The molecule has 0 fully saturated rings. The molecule has 0 aliphatic carbocycles. The minimum absolute atomic E-state index is 0.327. The van der Waals surface area contributed by atoms with Crippen molar-refractivity contribution in [3.05, 3.63) is 12.7 Å². The van der Waals surface area contributed by atoms with E-state index in [9.17, 15) is 4.79 Å². The summed E-state index contributed by atoms with van der Waals surface area (Å²) in [5.41, 5.74) is 0. The first kappa shape index (κ1) is 13.2. The second-order valence-electron chi connectivity index (χ2n) is 3.39. The predicted octanol–water partition coefficient (Wildman–Crippen LogP) is 1.59. The molecule has 0 atom stereocenters. The fourth-order valence-electron chi connectivity index (χ4n) is 1.54. The van der Waals surface area contributed by atoms with E-state index < -0.39 is 0 Å². The van der Waals surface area contributed by atoms with Gasteiger partial charge in [-0.05, 0) is 20.8 Å². The van der Waals surface area contributed by atoms with Crippen molar-refractivity contribution in [2.45, 2.75) is 20.8 Å². The Morgan fingerprint density at radius 3 is 2.14 bits per heavy atom. The van der Waals surface area contributed by atoms with Crippen molar-refractivity contribution < 1.29 is 14.0 Å². The summed E-state index contributed by atoms with van der Waals surface area (Å²) in [6, 6.07) is 0. The molecule has 0 aliphatic heterocycles. The van der Waals surface area contributed by atoms with Crippen LogP contribution in [0.25, 0.3) is 0 Å². The molecule has 0 rings (SSSR count). The molecule has 0 bridgehead atoms. The number of carbonyl (C=O) groups is 1. The molecule has 0 aromatic carbocycles. The van der Waals surface area contributed by atoms with Crippen molar-refractivity contribution in [1.82, 2.24) is 0 Å². The third kappa shape index (κ3) is 3.92. The third-order valence-corrected chi connectivity index (χ3v) is 2.99. The molecule has 0 aliphatic rings. The number of hydrogen-bond donors (Lipinski definition) is 0. The minimum atomic E-state index is -0.327. The average molecular weight is 200 g/mol. The first-order chi connectivity index (χ1) is 6.64. The Labute approximate surface area is 86.9 Å². The molecule has 0 aromatic rings. The van der Waals surface area contributed by atoms with E-state index in [1.54, 1.807) is 0 Å². The van der Waals surface area contributed by atoms with Gasteiger partial charge in [-0.1, -0.05) is 6.58 Å². The molecular weight excluding hydrogens is 178 g/mol. The van der Waals surface area contributed by atoms with Crippen LogP contribution in [0, 0.1) is 0 Å². The van der Waals surface area contributed by atoms with Crippen molar-refractivity contribution in [1.29, 1.82) is 0 Å². The first-order valence-corrected chi connectivity index (χ1v) is 5.28. The molecule has 0 radical (unpaired) electrons. The monoisotopic (exact) mass is 200 g/mol. The van der Waals surface area contributed by atoms with Crippen molar-refractivity contribution in [3.63, 3.8) is 0 Å². The summed E-state index contributed by atoms with van der Waals surface area (Å²) in [4.78, 5) is 10.8. The molecule has 14 heavy (non-hydrogen) atoms. The van der Waals surface area contributed by atoms with Gasteiger partial charge in [0, 0.05) is 6.08 Å². The summed E-state index contributed by atoms with van der Waals surface area (Å²) in [5, 5.41) is 0. The molecule has 0 unspecified atom stereocenters. The lowest BCUT2D eigenvalue weighted by molar-refractivity contribution is -0.923. The van der Waals surface area contributed by atoms with E-state index in [0.29, 0.717) is 6.61 Å². The predicted molar refractivity (Wildman–Crippen MR) is 57.9 cm³/mol. The van der Waals surface area contributed by atoms with Gasteiger partial charge in [-0.2, -0.15) is 0 Å². The van der Waals surface area contributed by atoms with Gasteiger partial charge >= 0.3 is 5.97 Å². The van der Waals surface area contributed by atoms with Crippen LogP contribution in [-0.2, 0) is 9.53 Å². The summed E-state index contributed by atoms with van der Waals surface area (Å²) in [5.74, 6) is -0.327. The topological polar surface area (TPSA) is 26.3 Å². The SMILES string of the molecule is C=CC(=O)OCC[N+](CC)(CC)CC. The van der Waals surface area contributed by atoms with Crippen LogP contribution in [0.5, 0.6) is 0 Å². The number of likely N-dealkylation sites (N-methyl/N-ethyl adjacent to an activating group) is 1. The Morgan fingerprint density at radius 2 is 1.79 bits per heavy atom. The highest BCUT2D eigenvalue weighted by Gasteiger charge is 2.20. The van der Waals surface area contributed by atoms with Gasteiger partial charge in [0.2, 0.25) is 0 Å². The third-order valence-electron chi connectivity index (χ3n) is 2.99. The van der Waals surface area contributed by atoms with Gasteiger partial charge in [0.15, 0.2) is 0 Å². The van der Waals surface area contributed by atoms with Crippen LogP contribution in [0.2, 0.25) is 0 Å². The Bertz CT molecular complexity index is 177. The Balaban J connectivity index is 3.94. The van der Waals surface area contributed by atoms with E-state index in [2.05, 4.69) is 27.4 Å².